The van der Waals surface area contributed by atoms with Crippen molar-refractivity contribution in [2.75, 3.05) is 0 Å². The zero-order chi connectivity index (χ0) is 26.0. The van der Waals surface area contributed by atoms with Crippen molar-refractivity contribution in [2.45, 2.75) is 51.6 Å². The van der Waals surface area contributed by atoms with E-state index >= 15 is 0 Å². The molecular weight excluding hydrogens is 495 g/mol. The van der Waals surface area contributed by atoms with E-state index in [1.54, 1.807) is 13.1 Å². The van der Waals surface area contributed by atoms with Crippen molar-refractivity contribution in [3.63, 3.8) is 0 Å². The van der Waals surface area contributed by atoms with Crippen LogP contribution in [-0.2, 0) is 9.59 Å². The van der Waals surface area contributed by atoms with Gasteiger partial charge in [-0.15, -0.1) is 0 Å². The number of rotatable bonds is 7. The first-order chi connectivity index (χ1) is 17.1. The molecule has 1 aliphatic rings. The molecule has 1 fully saturated rings. The number of pyridine rings is 1. The van der Waals surface area contributed by atoms with Gasteiger partial charge < -0.3 is 10.0 Å². The minimum Gasteiger partial charge on any atom is -0.481 e. The van der Waals surface area contributed by atoms with Crippen LogP contribution in [0.25, 0.3) is 0 Å². The third-order valence-electron chi connectivity index (χ3n) is 7.05. The fourth-order valence-corrected chi connectivity index (χ4v) is 5.87. The van der Waals surface area contributed by atoms with Crippen molar-refractivity contribution in [3.8, 4) is 0 Å². The molecule has 1 aliphatic heterocycles. The van der Waals surface area contributed by atoms with Crippen LogP contribution in [0.3, 0.4) is 0 Å². The van der Waals surface area contributed by atoms with Gasteiger partial charge >= 0.3 is 5.97 Å². The van der Waals surface area contributed by atoms with Crippen molar-refractivity contribution in [1.82, 2.24) is 9.88 Å². The highest BCUT2D eigenvalue weighted by Gasteiger charge is 2.53. The molecule has 0 bridgehead atoms. The number of aliphatic carboxylic acids is 1. The number of likely N-dealkylation sites (tertiary alicyclic amines) is 1. The quantitative estimate of drug-likeness (QED) is 0.351. The van der Waals surface area contributed by atoms with Gasteiger partial charge in [0.05, 0.1) is 29.6 Å². The van der Waals surface area contributed by atoms with Gasteiger partial charge in [0.1, 0.15) is 0 Å². The van der Waals surface area contributed by atoms with Gasteiger partial charge in [-0.1, -0.05) is 74.3 Å². The van der Waals surface area contributed by atoms with Crippen LogP contribution in [0.15, 0.2) is 72.9 Å². The predicted octanol–water partition coefficient (Wildman–Crippen LogP) is 7.32. The van der Waals surface area contributed by atoms with Gasteiger partial charge in [0, 0.05) is 22.2 Å². The number of carboxylic acid groups (broad SMARTS) is 1. The molecule has 0 saturated carbocycles. The molecule has 36 heavy (non-hydrogen) atoms. The molecule has 7 heteroatoms. The molecule has 4 rings (SSSR count). The summed E-state index contributed by atoms with van der Waals surface area (Å²) in [6, 6.07) is 20.1. The molecule has 1 aromatic heterocycles. The van der Waals surface area contributed by atoms with E-state index in [0.29, 0.717) is 16.5 Å². The molecule has 0 aliphatic carbocycles. The Bertz CT molecular complexity index is 1230. The van der Waals surface area contributed by atoms with Crippen LogP contribution in [0.5, 0.6) is 0 Å². The first-order valence-corrected chi connectivity index (χ1v) is 12.8. The molecule has 188 valence electrons. The fraction of sp³-hybridized carbons (Fsp3) is 0.345. The monoisotopic (exact) mass is 524 g/mol. The highest BCUT2D eigenvalue weighted by molar-refractivity contribution is 6.30. The Morgan fingerprint density at radius 2 is 1.78 bits per heavy atom. The van der Waals surface area contributed by atoms with Crippen molar-refractivity contribution in [2.24, 2.45) is 11.3 Å². The largest absolute Gasteiger partial charge is 0.481 e. The van der Waals surface area contributed by atoms with Crippen LogP contribution < -0.4 is 0 Å². The molecule has 0 spiro atoms. The first-order valence-electron chi connectivity index (χ1n) is 12.1. The zero-order valence-electron chi connectivity index (χ0n) is 20.6. The molecule has 2 aromatic carbocycles. The van der Waals surface area contributed by atoms with E-state index in [1.165, 1.54) is 0 Å². The standard InChI is InChI=1S/C29H30Cl2N2O3/c1-18(2)26(24-9-4-5-14-32-24)33-27(19-10-12-21(30)13-11-19)23(20-7-6-8-22(31)15-20)16-29(3,28(33)36)17-25(34)35/h4-15,18,23,26-27H,16-17H2,1-3H3,(H,34,35)/t23-,26?,27-,29-/m1/s1. The summed E-state index contributed by atoms with van der Waals surface area (Å²) in [6.45, 7) is 5.88. The van der Waals surface area contributed by atoms with Crippen LogP contribution in [0.2, 0.25) is 10.0 Å². The van der Waals surface area contributed by atoms with Crippen LogP contribution in [-0.4, -0.2) is 26.9 Å². The maximum atomic E-state index is 14.4. The van der Waals surface area contributed by atoms with Crippen LogP contribution in [0, 0.1) is 11.3 Å². The van der Waals surface area contributed by atoms with Crippen molar-refractivity contribution in [1.29, 1.82) is 0 Å². The predicted molar refractivity (Wildman–Crippen MR) is 142 cm³/mol. The zero-order valence-corrected chi connectivity index (χ0v) is 22.1. The van der Waals surface area contributed by atoms with Crippen molar-refractivity contribution in [3.05, 3.63) is 99.8 Å². The van der Waals surface area contributed by atoms with E-state index in [-0.39, 0.29) is 36.2 Å². The Kier molecular flexibility index (Phi) is 7.72. The number of carbonyl (C=O) groups is 2. The smallest absolute Gasteiger partial charge is 0.304 e. The molecule has 3 aromatic rings. The summed E-state index contributed by atoms with van der Waals surface area (Å²) in [5, 5.41) is 11.0. The van der Waals surface area contributed by atoms with Gasteiger partial charge in [-0.2, -0.15) is 0 Å². The normalized spacial score (nSPS) is 23.1. The molecule has 1 saturated heterocycles. The second kappa shape index (κ2) is 10.6. The van der Waals surface area contributed by atoms with Crippen LogP contribution in [0.1, 0.15) is 68.4 Å². The molecule has 1 N–H and O–H groups in total. The summed E-state index contributed by atoms with van der Waals surface area (Å²) in [4.78, 5) is 32.8. The van der Waals surface area contributed by atoms with E-state index in [2.05, 4.69) is 18.8 Å². The van der Waals surface area contributed by atoms with E-state index in [4.69, 9.17) is 23.2 Å². The number of benzene rings is 2. The average Bonchev–Trinajstić information content (AvgIpc) is 2.83. The van der Waals surface area contributed by atoms with E-state index in [0.717, 1.165) is 16.8 Å². The average molecular weight is 525 g/mol. The lowest BCUT2D eigenvalue weighted by atomic mass is 9.66. The second-order valence-corrected chi connectivity index (χ2v) is 11.0. The van der Waals surface area contributed by atoms with Crippen molar-refractivity contribution >= 4 is 35.1 Å². The highest BCUT2D eigenvalue weighted by Crippen LogP contribution is 2.54. The maximum absolute atomic E-state index is 14.4. The number of aromatic nitrogens is 1. The number of amides is 1. The number of nitrogens with zero attached hydrogens (tertiary/aromatic N) is 2. The Labute approximate surface area is 222 Å². The number of carbonyl (C=O) groups excluding carboxylic acids is 1. The molecular formula is C29H30Cl2N2O3. The molecule has 2 heterocycles. The van der Waals surface area contributed by atoms with E-state index in [9.17, 15) is 14.7 Å². The Morgan fingerprint density at radius 3 is 2.36 bits per heavy atom. The number of halogens is 2. The summed E-state index contributed by atoms with van der Waals surface area (Å²) >= 11 is 12.6. The Morgan fingerprint density at radius 1 is 1.06 bits per heavy atom. The summed E-state index contributed by atoms with van der Waals surface area (Å²) in [6.07, 6.45) is 1.83. The Hall–Kier alpha value is -2.89. The first kappa shape index (κ1) is 26.2. The summed E-state index contributed by atoms with van der Waals surface area (Å²) in [7, 11) is 0. The van der Waals surface area contributed by atoms with Crippen LogP contribution in [0.4, 0.5) is 0 Å². The number of hydrogen-bond acceptors (Lipinski definition) is 3. The summed E-state index contributed by atoms with van der Waals surface area (Å²) in [5.74, 6) is -1.37. The number of carboxylic acids is 1. The van der Waals surface area contributed by atoms with Crippen molar-refractivity contribution < 1.29 is 14.7 Å². The molecule has 1 amide bonds. The second-order valence-electron chi connectivity index (χ2n) is 10.1. The van der Waals surface area contributed by atoms with Crippen LogP contribution >= 0.6 is 23.2 Å². The third-order valence-corrected chi connectivity index (χ3v) is 7.54. The third kappa shape index (κ3) is 5.28. The number of piperidine rings is 1. The lowest BCUT2D eigenvalue weighted by Gasteiger charge is -2.52. The summed E-state index contributed by atoms with van der Waals surface area (Å²) < 4.78 is 0. The minimum absolute atomic E-state index is 0.0193. The van der Waals surface area contributed by atoms with Gasteiger partial charge in [0.15, 0.2) is 0 Å². The lowest BCUT2D eigenvalue weighted by molar-refractivity contribution is -0.162. The van der Waals surface area contributed by atoms with Gasteiger partial charge in [-0.05, 0) is 59.9 Å². The van der Waals surface area contributed by atoms with Gasteiger partial charge in [0.2, 0.25) is 5.91 Å². The summed E-state index contributed by atoms with van der Waals surface area (Å²) in [5.41, 5.74) is 1.55. The fourth-order valence-electron chi connectivity index (χ4n) is 5.54. The molecule has 4 atom stereocenters. The minimum atomic E-state index is -1.11. The topological polar surface area (TPSA) is 70.5 Å². The number of hydrogen-bond donors (Lipinski definition) is 1. The SMILES string of the molecule is CC(C)C(c1ccccn1)N1C(=O)[C@@](C)(CC(=O)O)C[C@H](c2cccc(Cl)c2)[C@H]1c1ccc(Cl)cc1. The highest BCUT2D eigenvalue weighted by atomic mass is 35.5. The lowest BCUT2D eigenvalue weighted by Crippen LogP contribution is -2.54. The Balaban J connectivity index is 1.98. The molecule has 0 radical (unpaired) electrons. The van der Waals surface area contributed by atoms with E-state index in [1.807, 2.05) is 71.6 Å². The van der Waals surface area contributed by atoms with Gasteiger partial charge in [-0.25, -0.2) is 0 Å². The maximum Gasteiger partial charge on any atom is 0.304 e. The van der Waals surface area contributed by atoms with Gasteiger partial charge in [-0.3, -0.25) is 14.6 Å². The molecule has 1 unspecified atom stereocenters. The molecule has 5 nitrogen and oxygen atoms in total. The van der Waals surface area contributed by atoms with Gasteiger partial charge in [0.25, 0.3) is 0 Å². The van der Waals surface area contributed by atoms with E-state index < -0.39 is 11.4 Å².